The number of hydrogen-bond acceptors (Lipinski definition) is 6. The zero-order valence-electron chi connectivity index (χ0n) is 14.9. The molecule has 0 spiro atoms. The summed E-state index contributed by atoms with van der Waals surface area (Å²) in [6.45, 7) is 4.46. The van der Waals surface area contributed by atoms with Gasteiger partial charge in [0.2, 0.25) is 10.0 Å². The summed E-state index contributed by atoms with van der Waals surface area (Å²) in [4.78, 5) is 24.0. The number of esters is 1. The van der Waals surface area contributed by atoms with Crippen LogP contribution in [0.4, 0.5) is 5.69 Å². The summed E-state index contributed by atoms with van der Waals surface area (Å²) >= 11 is 0. The third-order valence-electron chi connectivity index (χ3n) is 3.63. The first-order valence-electron chi connectivity index (χ1n) is 7.72. The molecule has 140 valence electrons. The van der Waals surface area contributed by atoms with Gasteiger partial charge in [0.1, 0.15) is 17.1 Å². The van der Waals surface area contributed by atoms with Gasteiger partial charge in [-0.3, -0.25) is 4.79 Å². The second-order valence-corrected chi connectivity index (χ2v) is 7.49. The SMILES string of the molecule is CNS(=O)(=O)c1cc(NC(=O)COC(=O)c2cc(C)oc2C)ccc1C. The molecular weight excluding hydrogens is 360 g/mol. The summed E-state index contributed by atoms with van der Waals surface area (Å²) in [5.41, 5.74) is 1.07. The van der Waals surface area contributed by atoms with Gasteiger partial charge >= 0.3 is 5.97 Å². The number of benzene rings is 1. The molecule has 26 heavy (non-hydrogen) atoms. The largest absolute Gasteiger partial charge is 0.466 e. The van der Waals surface area contributed by atoms with Crippen LogP contribution in [0.1, 0.15) is 27.4 Å². The zero-order chi connectivity index (χ0) is 19.5. The maximum absolute atomic E-state index is 12.0. The Morgan fingerprint density at radius 2 is 1.85 bits per heavy atom. The van der Waals surface area contributed by atoms with Gasteiger partial charge in [-0.15, -0.1) is 0 Å². The van der Waals surface area contributed by atoms with Crippen LogP contribution in [0.3, 0.4) is 0 Å². The lowest BCUT2D eigenvalue weighted by molar-refractivity contribution is -0.119. The van der Waals surface area contributed by atoms with Gasteiger partial charge in [-0.2, -0.15) is 0 Å². The van der Waals surface area contributed by atoms with Crippen LogP contribution in [0, 0.1) is 20.8 Å². The average Bonchev–Trinajstić information content (AvgIpc) is 2.92. The van der Waals surface area contributed by atoms with Crippen molar-refractivity contribution in [2.75, 3.05) is 19.0 Å². The van der Waals surface area contributed by atoms with Crippen LogP contribution in [0.15, 0.2) is 33.6 Å². The summed E-state index contributed by atoms with van der Waals surface area (Å²) in [5, 5.41) is 2.50. The molecule has 0 radical (unpaired) electrons. The van der Waals surface area contributed by atoms with Gasteiger partial charge in [-0.05, 0) is 51.6 Å². The first-order valence-corrected chi connectivity index (χ1v) is 9.20. The predicted molar refractivity (Wildman–Crippen MR) is 94.5 cm³/mol. The highest BCUT2D eigenvalue weighted by atomic mass is 32.2. The lowest BCUT2D eigenvalue weighted by Gasteiger charge is -2.10. The van der Waals surface area contributed by atoms with Crippen molar-refractivity contribution < 1.29 is 27.2 Å². The van der Waals surface area contributed by atoms with E-state index in [-0.39, 0.29) is 16.1 Å². The van der Waals surface area contributed by atoms with Crippen molar-refractivity contribution in [1.82, 2.24) is 4.72 Å². The number of sulfonamides is 1. The lowest BCUT2D eigenvalue weighted by Crippen LogP contribution is -2.22. The highest BCUT2D eigenvalue weighted by Gasteiger charge is 2.18. The van der Waals surface area contributed by atoms with Crippen LogP contribution in [-0.2, 0) is 19.6 Å². The standard InChI is InChI=1S/C17H20N2O6S/c1-10-5-6-13(8-15(10)26(22,23)18-4)19-16(20)9-24-17(21)14-7-11(2)25-12(14)3/h5-8,18H,9H2,1-4H3,(H,19,20). The molecule has 1 amide bonds. The Morgan fingerprint density at radius 3 is 2.42 bits per heavy atom. The third kappa shape index (κ3) is 4.50. The summed E-state index contributed by atoms with van der Waals surface area (Å²) in [7, 11) is -2.34. The van der Waals surface area contributed by atoms with Crippen molar-refractivity contribution in [2.45, 2.75) is 25.7 Å². The van der Waals surface area contributed by atoms with Gasteiger partial charge in [0.25, 0.3) is 5.91 Å². The molecule has 0 aliphatic carbocycles. The second-order valence-electron chi connectivity index (χ2n) is 5.64. The van der Waals surface area contributed by atoms with E-state index in [1.54, 1.807) is 32.9 Å². The fraction of sp³-hybridized carbons (Fsp3) is 0.294. The molecule has 8 nitrogen and oxygen atoms in total. The Hall–Kier alpha value is -2.65. The molecule has 9 heteroatoms. The highest BCUT2D eigenvalue weighted by molar-refractivity contribution is 7.89. The minimum absolute atomic E-state index is 0.0549. The molecule has 0 fully saturated rings. The summed E-state index contributed by atoms with van der Waals surface area (Å²) in [6.07, 6.45) is 0. The van der Waals surface area contributed by atoms with Crippen molar-refractivity contribution in [2.24, 2.45) is 0 Å². The Bertz CT molecular complexity index is 946. The monoisotopic (exact) mass is 380 g/mol. The summed E-state index contributed by atoms with van der Waals surface area (Å²) in [5.74, 6) is -0.282. The Morgan fingerprint density at radius 1 is 1.15 bits per heavy atom. The van der Waals surface area contributed by atoms with E-state index in [9.17, 15) is 18.0 Å². The van der Waals surface area contributed by atoms with E-state index in [1.165, 1.54) is 19.2 Å². The molecule has 1 heterocycles. The van der Waals surface area contributed by atoms with E-state index in [0.29, 0.717) is 17.1 Å². The van der Waals surface area contributed by atoms with Gasteiger partial charge in [0.05, 0.1) is 4.90 Å². The molecule has 0 saturated carbocycles. The number of carbonyl (C=O) groups is 2. The first-order chi connectivity index (χ1) is 12.1. The van der Waals surface area contributed by atoms with E-state index in [1.807, 2.05) is 0 Å². The smallest absolute Gasteiger partial charge is 0.342 e. The minimum atomic E-state index is -3.65. The van der Waals surface area contributed by atoms with Crippen LogP contribution in [0.25, 0.3) is 0 Å². The average molecular weight is 380 g/mol. The van der Waals surface area contributed by atoms with Crippen LogP contribution in [0.5, 0.6) is 0 Å². The van der Waals surface area contributed by atoms with Crippen molar-refractivity contribution in [3.63, 3.8) is 0 Å². The number of anilines is 1. The number of ether oxygens (including phenoxy) is 1. The van der Waals surface area contributed by atoms with E-state index in [4.69, 9.17) is 9.15 Å². The molecule has 2 rings (SSSR count). The first kappa shape index (κ1) is 19.7. The molecule has 0 aliphatic rings. The van der Waals surface area contributed by atoms with Crippen LogP contribution >= 0.6 is 0 Å². The molecule has 1 aromatic carbocycles. The maximum Gasteiger partial charge on any atom is 0.342 e. The molecule has 0 atom stereocenters. The molecule has 2 N–H and O–H groups in total. The number of nitrogens with one attached hydrogen (secondary N) is 2. The van der Waals surface area contributed by atoms with Gasteiger partial charge in [0.15, 0.2) is 6.61 Å². The van der Waals surface area contributed by atoms with E-state index in [2.05, 4.69) is 10.0 Å². The quantitative estimate of drug-likeness (QED) is 0.740. The summed E-state index contributed by atoms with van der Waals surface area (Å²) in [6, 6.07) is 6.01. The third-order valence-corrected chi connectivity index (χ3v) is 5.18. The van der Waals surface area contributed by atoms with Gasteiger partial charge in [-0.1, -0.05) is 6.07 Å². The number of furan rings is 1. The fourth-order valence-corrected chi connectivity index (χ4v) is 3.31. The lowest BCUT2D eigenvalue weighted by atomic mass is 10.2. The Kier molecular flexibility index (Phi) is 5.83. The van der Waals surface area contributed by atoms with E-state index >= 15 is 0 Å². The van der Waals surface area contributed by atoms with Crippen molar-refractivity contribution >= 4 is 27.6 Å². The van der Waals surface area contributed by atoms with Gasteiger partial charge < -0.3 is 14.5 Å². The molecule has 2 aromatic rings. The number of hydrogen-bond donors (Lipinski definition) is 2. The predicted octanol–water partition coefficient (Wildman–Crippen LogP) is 1.91. The van der Waals surface area contributed by atoms with E-state index < -0.39 is 28.5 Å². The van der Waals surface area contributed by atoms with Gasteiger partial charge in [-0.25, -0.2) is 17.9 Å². The molecule has 1 aromatic heterocycles. The molecule has 0 aliphatic heterocycles. The Balaban J connectivity index is 2.03. The van der Waals surface area contributed by atoms with Crippen molar-refractivity contribution in [3.05, 3.63) is 46.9 Å². The fourth-order valence-electron chi connectivity index (χ4n) is 2.32. The molecule has 0 saturated heterocycles. The van der Waals surface area contributed by atoms with Crippen LogP contribution < -0.4 is 10.0 Å². The van der Waals surface area contributed by atoms with Crippen molar-refractivity contribution in [3.8, 4) is 0 Å². The number of amides is 1. The second kappa shape index (κ2) is 7.71. The topological polar surface area (TPSA) is 115 Å². The molecular formula is C17H20N2O6S. The molecule has 0 unspecified atom stereocenters. The number of rotatable bonds is 6. The van der Waals surface area contributed by atoms with Crippen molar-refractivity contribution in [1.29, 1.82) is 0 Å². The normalized spacial score (nSPS) is 11.2. The van der Waals surface area contributed by atoms with Crippen LogP contribution in [-0.4, -0.2) is 33.9 Å². The maximum atomic E-state index is 12.0. The van der Waals surface area contributed by atoms with Crippen LogP contribution in [0.2, 0.25) is 0 Å². The summed E-state index contributed by atoms with van der Waals surface area (Å²) < 4.78 is 36.4. The number of aryl methyl sites for hydroxylation is 3. The zero-order valence-corrected chi connectivity index (χ0v) is 15.7. The van der Waals surface area contributed by atoms with Gasteiger partial charge in [0, 0.05) is 5.69 Å². The number of carbonyl (C=O) groups excluding carboxylic acids is 2. The minimum Gasteiger partial charge on any atom is -0.466 e. The molecule has 0 bridgehead atoms. The van der Waals surface area contributed by atoms with E-state index in [0.717, 1.165) is 0 Å². The highest BCUT2D eigenvalue weighted by Crippen LogP contribution is 2.20. The Labute approximate surface area is 151 Å².